The van der Waals surface area contributed by atoms with Crippen molar-refractivity contribution in [2.75, 3.05) is 0 Å². The van der Waals surface area contributed by atoms with Crippen molar-refractivity contribution >= 4 is 35.0 Å². The van der Waals surface area contributed by atoms with Gasteiger partial charge in [0.25, 0.3) is 0 Å². The number of aromatic amines is 1. The van der Waals surface area contributed by atoms with Gasteiger partial charge in [0.05, 0.1) is 16.2 Å². The SMILES string of the molecule is Cc1ccc(Cl)c(-n2c(=S)[nH]c3ccc(C)nc32)c1. The number of fused-ring (bicyclic) bond motifs is 1. The first kappa shape index (κ1) is 12.4. The van der Waals surface area contributed by atoms with E-state index in [1.54, 1.807) is 0 Å². The second kappa shape index (κ2) is 4.47. The number of nitrogens with zero attached hydrogens (tertiary/aromatic N) is 2. The minimum absolute atomic E-state index is 0.598. The summed E-state index contributed by atoms with van der Waals surface area (Å²) in [6.07, 6.45) is 0. The van der Waals surface area contributed by atoms with Gasteiger partial charge in [0.2, 0.25) is 0 Å². The molecule has 2 heterocycles. The van der Waals surface area contributed by atoms with Crippen LogP contribution in [0.5, 0.6) is 0 Å². The summed E-state index contributed by atoms with van der Waals surface area (Å²) in [5, 5.41) is 0.658. The summed E-state index contributed by atoms with van der Waals surface area (Å²) in [6, 6.07) is 9.80. The molecule has 0 fully saturated rings. The molecule has 0 bridgehead atoms. The van der Waals surface area contributed by atoms with Crippen LogP contribution in [0.25, 0.3) is 16.9 Å². The van der Waals surface area contributed by atoms with Crippen molar-refractivity contribution < 1.29 is 0 Å². The molecule has 19 heavy (non-hydrogen) atoms. The zero-order valence-electron chi connectivity index (χ0n) is 10.6. The van der Waals surface area contributed by atoms with Gasteiger partial charge in [0, 0.05) is 5.69 Å². The lowest BCUT2D eigenvalue weighted by molar-refractivity contribution is 1.03. The Kier molecular flexibility index (Phi) is 2.92. The molecular weight excluding hydrogens is 278 g/mol. The number of aromatic nitrogens is 3. The van der Waals surface area contributed by atoms with Gasteiger partial charge >= 0.3 is 0 Å². The molecule has 96 valence electrons. The van der Waals surface area contributed by atoms with Crippen LogP contribution in [-0.4, -0.2) is 14.5 Å². The van der Waals surface area contributed by atoms with E-state index in [9.17, 15) is 0 Å². The quantitative estimate of drug-likeness (QED) is 0.676. The second-order valence-corrected chi connectivity index (χ2v) is 5.34. The standard InChI is InChI=1S/C14H12ClN3S/c1-8-3-5-10(15)12(7-8)18-13-11(17-14(18)19)6-4-9(2)16-13/h3-7H,1-2H3,(H,17,19). The Morgan fingerprint density at radius 3 is 2.79 bits per heavy atom. The van der Waals surface area contributed by atoms with Gasteiger partial charge in [-0.3, -0.25) is 4.57 Å². The third-order valence-corrected chi connectivity index (χ3v) is 3.62. The summed E-state index contributed by atoms with van der Waals surface area (Å²) in [4.78, 5) is 7.71. The van der Waals surface area contributed by atoms with Crippen molar-refractivity contribution in [2.24, 2.45) is 0 Å². The number of hydrogen-bond donors (Lipinski definition) is 1. The molecule has 0 aliphatic rings. The summed E-state index contributed by atoms with van der Waals surface area (Å²) >= 11 is 11.7. The van der Waals surface area contributed by atoms with Gasteiger partial charge in [-0.05, 0) is 55.9 Å². The van der Waals surface area contributed by atoms with Crippen LogP contribution >= 0.6 is 23.8 Å². The highest BCUT2D eigenvalue weighted by Gasteiger charge is 2.11. The Bertz CT molecular complexity index is 832. The van der Waals surface area contributed by atoms with Crippen molar-refractivity contribution in [3.63, 3.8) is 0 Å². The molecule has 0 radical (unpaired) electrons. The number of imidazole rings is 1. The van der Waals surface area contributed by atoms with Gasteiger partial charge in [0.1, 0.15) is 0 Å². The van der Waals surface area contributed by atoms with E-state index in [1.807, 2.05) is 48.7 Å². The maximum Gasteiger partial charge on any atom is 0.184 e. The Hall–Kier alpha value is -1.65. The molecule has 0 saturated carbocycles. The molecule has 2 aromatic heterocycles. The number of benzene rings is 1. The van der Waals surface area contributed by atoms with E-state index in [1.165, 1.54) is 0 Å². The Balaban J connectivity index is 2.42. The fourth-order valence-corrected chi connectivity index (χ4v) is 2.59. The largest absolute Gasteiger partial charge is 0.329 e. The van der Waals surface area contributed by atoms with E-state index in [2.05, 4.69) is 9.97 Å². The number of hydrogen-bond acceptors (Lipinski definition) is 2. The first-order valence-electron chi connectivity index (χ1n) is 5.91. The maximum absolute atomic E-state index is 6.29. The highest BCUT2D eigenvalue weighted by atomic mass is 35.5. The predicted octanol–water partition coefficient (Wildman–Crippen LogP) is 4.35. The van der Waals surface area contributed by atoms with Gasteiger partial charge in [-0.1, -0.05) is 17.7 Å². The van der Waals surface area contributed by atoms with Crippen LogP contribution in [0.4, 0.5) is 0 Å². The van der Waals surface area contributed by atoms with Crippen LogP contribution in [0.2, 0.25) is 5.02 Å². The number of H-pyrrole nitrogens is 1. The zero-order chi connectivity index (χ0) is 13.6. The fraction of sp³-hybridized carbons (Fsp3) is 0.143. The highest BCUT2D eigenvalue weighted by molar-refractivity contribution is 7.71. The fourth-order valence-electron chi connectivity index (χ4n) is 2.10. The monoisotopic (exact) mass is 289 g/mol. The van der Waals surface area contributed by atoms with Gasteiger partial charge in [-0.15, -0.1) is 0 Å². The van der Waals surface area contributed by atoms with Crippen LogP contribution in [0.15, 0.2) is 30.3 Å². The van der Waals surface area contributed by atoms with Crippen molar-refractivity contribution in [3.8, 4) is 5.69 Å². The average molecular weight is 290 g/mol. The van der Waals surface area contributed by atoms with Crippen molar-refractivity contribution in [3.05, 3.63) is 51.4 Å². The molecule has 0 amide bonds. The minimum atomic E-state index is 0.598. The first-order chi connectivity index (χ1) is 9.06. The summed E-state index contributed by atoms with van der Waals surface area (Å²) in [5.74, 6) is 0. The summed E-state index contributed by atoms with van der Waals surface area (Å²) in [5.41, 5.74) is 4.64. The number of rotatable bonds is 1. The molecule has 1 aromatic carbocycles. The number of halogens is 1. The van der Waals surface area contributed by atoms with E-state index in [0.29, 0.717) is 9.79 Å². The van der Waals surface area contributed by atoms with Crippen molar-refractivity contribution in [1.29, 1.82) is 0 Å². The molecule has 3 aromatic rings. The lowest BCUT2D eigenvalue weighted by Gasteiger charge is -2.07. The third kappa shape index (κ3) is 2.07. The lowest BCUT2D eigenvalue weighted by atomic mass is 10.2. The molecule has 3 rings (SSSR count). The van der Waals surface area contributed by atoms with E-state index in [-0.39, 0.29) is 0 Å². The summed E-state index contributed by atoms with van der Waals surface area (Å²) in [7, 11) is 0. The normalized spacial score (nSPS) is 11.1. The number of nitrogens with one attached hydrogen (secondary N) is 1. The number of pyridine rings is 1. The first-order valence-corrected chi connectivity index (χ1v) is 6.70. The molecule has 5 heteroatoms. The topological polar surface area (TPSA) is 33.6 Å². The molecule has 0 aliphatic heterocycles. The van der Waals surface area contributed by atoms with Gasteiger partial charge < -0.3 is 4.98 Å². The average Bonchev–Trinajstić information content (AvgIpc) is 2.68. The Morgan fingerprint density at radius 2 is 2.00 bits per heavy atom. The predicted molar refractivity (Wildman–Crippen MR) is 80.7 cm³/mol. The molecule has 0 aliphatic carbocycles. The second-order valence-electron chi connectivity index (χ2n) is 4.54. The molecule has 0 atom stereocenters. The molecule has 3 nitrogen and oxygen atoms in total. The van der Waals surface area contributed by atoms with E-state index >= 15 is 0 Å². The molecule has 0 saturated heterocycles. The van der Waals surface area contributed by atoms with E-state index in [0.717, 1.165) is 28.1 Å². The van der Waals surface area contributed by atoms with Gasteiger partial charge in [-0.2, -0.15) is 0 Å². The van der Waals surface area contributed by atoms with Crippen LogP contribution < -0.4 is 0 Å². The third-order valence-electron chi connectivity index (χ3n) is 3.01. The molecule has 0 spiro atoms. The van der Waals surface area contributed by atoms with Gasteiger partial charge in [-0.25, -0.2) is 4.98 Å². The van der Waals surface area contributed by atoms with E-state index in [4.69, 9.17) is 23.8 Å². The number of aryl methyl sites for hydroxylation is 2. The lowest BCUT2D eigenvalue weighted by Crippen LogP contribution is -1.98. The molecular formula is C14H12ClN3S. The Morgan fingerprint density at radius 1 is 1.21 bits per heavy atom. The van der Waals surface area contributed by atoms with Crippen molar-refractivity contribution in [1.82, 2.24) is 14.5 Å². The van der Waals surface area contributed by atoms with E-state index < -0.39 is 0 Å². The minimum Gasteiger partial charge on any atom is -0.329 e. The molecule has 1 N–H and O–H groups in total. The van der Waals surface area contributed by atoms with Crippen LogP contribution in [-0.2, 0) is 0 Å². The summed E-state index contributed by atoms with van der Waals surface area (Å²) in [6.45, 7) is 3.98. The van der Waals surface area contributed by atoms with Crippen LogP contribution in [0.1, 0.15) is 11.3 Å². The van der Waals surface area contributed by atoms with Crippen LogP contribution in [0.3, 0.4) is 0 Å². The maximum atomic E-state index is 6.29. The molecule has 0 unspecified atom stereocenters. The van der Waals surface area contributed by atoms with Crippen LogP contribution in [0, 0.1) is 18.6 Å². The Labute approximate surface area is 120 Å². The summed E-state index contributed by atoms with van der Waals surface area (Å²) < 4.78 is 2.48. The van der Waals surface area contributed by atoms with Crippen molar-refractivity contribution in [2.45, 2.75) is 13.8 Å². The highest BCUT2D eigenvalue weighted by Crippen LogP contribution is 2.25. The van der Waals surface area contributed by atoms with Gasteiger partial charge in [0.15, 0.2) is 10.4 Å². The zero-order valence-corrected chi connectivity index (χ0v) is 12.1. The smallest absolute Gasteiger partial charge is 0.184 e.